The molecule has 140 valence electrons. The Hall–Kier alpha value is -2.93. The summed E-state index contributed by atoms with van der Waals surface area (Å²) in [6.45, 7) is 0. The van der Waals surface area contributed by atoms with Gasteiger partial charge in [0.05, 0.1) is 22.3 Å². The fourth-order valence-corrected chi connectivity index (χ4v) is 3.68. The highest BCUT2D eigenvalue weighted by Crippen LogP contribution is 2.22. The van der Waals surface area contributed by atoms with Crippen molar-refractivity contribution in [3.8, 4) is 5.75 Å². The van der Waals surface area contributed by atoms with Crippen LogP contribution >= 0.6 is 11.3 Å². The number of nitrogens with zero attached hydrogens (tertiary/aromatic N) is 1. The largest absolute Gasteiger partial charge is 0.508 e. The molecule has 1 heterocycles. The Bertz CT molecular complexity index is 904. The van der Waals surface area contributed by atoms with Crippen LogP contribution in [-0.4, -0.2) is 35.1 Å². The number of aromatic nitrogens is 1. The minimum Gasteiger partial charge on any atom is -0.508 e. The quantitative estimate of drug-likeness (QED) is 0.612. The number of amides is 1. The number of fused-ring (bicyclic) bond motifs is 1. The maximum Gasteiger partial charge on any atom is 0.328 e. The van der Waals surface area contributed by atoms with Crippen LogP contribution in [0, 0.1) is 0 Å². The Labute approximate surface area is 160 Å². The van der Waals surface area contributed by atoms with Crippen LogP contribution < -0.4 is 5.32 Å². The Morgan fingerprint density at radius 1 is 1.19 bits per heavy atom. The summed E-state index contributed by atoms with van der Waals surface area (Å²) in [5.74, 6) is -0.590. The number of rotatable bonds is 7. The lowest BCUT2D eigenvalue weighted by molar-refractivity contribution is -0.145. The fourth-order valence-electron chi connectivity index (χ4n) is 2.72. The molecule has 0 bridgehead atoms. The molecular formula is C20H20N2O4S. The van der Waals surface area contributed by atoms with Crippen LogP contribution in [0.4, 0.5) is 0 Å². The topological polar surface area (TPSA) is 88.5 Å². The predicted octanol–water partition coefficient (Wildman–Crippen LogP) is 2.84. The molecule has 0 saturated carbocycles. The van der Waals surface area contributed by atoms with Gasteiger partial charge in [-0.2, -0.15) is 0 Å². The van der Waals surface area contributed by atoms with Crippen molar-refractivity contribution in [3.05, 3.63) is 59.1 Å². The Balaban J connectivity index is 1.59. The Kier molecular flexibility index (Phi) is 6.03. The van der Waals surface area contributed by atoms with Crippen molar-refractivity contribution in [2.75, 3.05) is 7.11 Å². The van der Waals surface area contributed by atoms with Crippen molar-refractivity contribution in [2.45, 2.75) is 25.3 Å². The summed E-state index contributed by atoms with van der Waals surface area (Å²) in [5.41, 5.74) is 1.74. The van der Waals surface area contributed by atoms with E-state index in [0.717, 1.165) is 20.8 Å². The van der Waals surface area contributed by atoms with Gasteiger partial charge in [0.15, 0.2) is 0 Å². The number of hydrogen-bond acceptors (Lipinski definition) is 6. The molecule has 1 atom stereocenters. The van der Waals surface area contributed by atoms with Crippen molar-refractivity contribution in [1.29, 1.82) is 0 Å². The molecule has 2 aromatic carbocycles. The molecule has 6 nitrogen and oxygen atoms in total. The van der Waals surface area contributed by atoms with Gasteiger partial charge >= 0.3 is 5.97 Å². The van der Waals surface area contributed by atoms with Gasteiger partial charge in [0.2, 0.25) is 5.91 Å². The molecule has 2 N–H and O–H groups in total. The van der Waals surface area contributed by atoms with Crippen LogP contribution in [0.3, 0.4) is 0 Å². The standard InChI is InChI=1S/C20H20N2O4S/c1-26-20(25)16(12-13-6-8-14(23)9-7-13)21-18(24)10-11-19-22-15-4-2-3-5-17(15)27-19/h2-9,16,23H,10-12H2,1H3,(H,21,24)/t16-/m0/s1. The molecule has 0 aliphatic rings. The third-order valence-corrected chi connectivity index (χ3v) is 5.20. The molecule has 1 aromatic heterocycles. The first-order chi connectivity index (χ1) is 13.0. The highest BCUT2D eigenvalue weighted by atomic mass is 32.1. The van der Waals surface area contributed by atoms with Gasteiger partial charge in [-0.05, 0) is 29.8 Å². The van der Waals surface area contributed by atoms with Crippen molar-refractivity contribution in [2.24, 2.45) is 0 Å². The van der Waals surface area contributed by atoms with E-state index in [1.807, 2.05) is 24.3 Å². The molecule has 0 unspecified atom stereocenters. The minimum absolute atomic E-state index is 0.147. The lowest BCUT2D eigenvalue weighted by Gasteiger charge is -2.16. The van der Waals surface area contributed by atoms with E-state index in [1.54, 1.807) is 35.6 Å². The van der Waals surface area contributed by atoms with Gasteiger partial charge in [-0.25, -0.2) is 9.78 Å². The van der Waals surface area contributed by atoms with Crippen molar-refractivity contribution >= 4 is 33.4 Å². The molecule has 0 fully saturated rings. The minimum atomic E-state index is -0.776. The average molecular weight is 384 g/mol. The number of methoxy groups -OCH3 is 1. The number of hydrogen-bond donors (Lipinski definition) is 2. The highest BCUT2D eigenvalue weighted by molar-refractivity contribution is 7.18. The molecule has 27 heavy (non-hydrogen) atoms. The predicted molar refractivity (Wildman–Crippen MR) is 104 cm³/mol. The normalized spacial score (nSPS) is 11.9. The molecular weight excluding hydrogens is 364 g/mol. The lowest BCUT2D eigenvalue weighted by atomic mass is 10.1. The van der Waals surface area contributed by atoms with Gasteiger partial charge < -0.3 is 15.2 Å². The zero-order chi connectivity index (χ0) is 19.2. The monoisotopic (exact) mass is 384 g/mol. The molecule has 0 aliphatic heterocycles. The lowest BCUT2D eigenvalue weighted by Crippen LogP contribution is -2.43. The van der Waals surface area contributed by atoms with E-state index in [-0.39, 0.29) is 18.1 Å². The SMILES string of the molecule is COC(=O)[C@H](Cc1ccc(O)cc1)NC(=O)CCc1nc2ccccc2s1. The summed E-state index contributed by atoms with van der Waals surface area (Å²) in [6, 6.07) is 13.6. The van der Waals surface area contributed by atoms with E-state index in [1.165, 1.54) is 7.11 Å². The summed E-state index contributed by atoms with van der Waals surface area (Å²) in [7, 11) is 1.29. The van der Waals surface area contributed by atoms with Crippen molar-refractivity contribution in [1.82, 2.24) is 10.3 Å². The fraction of sp³-hybridized carbons (Fsp3) is 0.250. The van der Waals surface area contributed by atoms with Gasteiger partial charge in [-0.3, -0.25) is 4.79 Å². The molecule has 0 aliphatic carbocycles. The number of carbonyl (C=O) groups excluding carboxylic acids is 2. The molecule has 7 heteroatoms. The molecule has 1 amide bonds. The second-order valence-corrected chi connectivity index (χ2v) is 7.20. The van der Waals surface area contributed by atoms with Crippen LogP contribution in [0.25, 0.3) is 10.2 Å². The van der Waals surface area contributed by atoms with E-state index in [0.29, 0.717) is 12.8 Å². The van der Waals surface area contributed by atoms with Gasteiger partial charge in [0.1, 0.15) is 11.8 Å². The average Bonchev–Trinajstić information content (AvgIpc) is 3.10. The second kappa shape index (κ2) is 8.64. The van der Waals surface area contributed by atoms with Gasteiger partial charge in [0.25, 0.3) is 0 Å². The number of carbonyl (C=O) groups is 2. The second-order valence-electron chi connectivity index (χ2n) is 6.09. The maximum atomic E-state index is 12.3. The number of aryl methyl sites for hydroxylation is 1. The number of phenolic OH excluding ortho intramolecular Hbond substituents is 1. The molecule has 0 saturated heterocycles. The third-order valence-electron chi connectivity index (χ3n) is 4.10. The first-order valence-corrected chi connectivity index (χ1v) is 9.36. The van der Waals surface area contributed by atoms with Crippen molar-refractivity contribution in [3.63, 3.8) is 0 Å². The zero-order valence-corrected chi connectivity index (χ0v) is 15.7. The van der Waals surface area contributed by atoms with Crippen LogP contribution in [-0.2, 0) is 27.2 Å². The summed E-state index contributed by atoms with van der Waals surface area (Å²) in [5, 5.41) is 13.0. The number of ether oxygens (including phenoxy) is 1. The number of para-hydroxylation sites is 1. The maximum absolute atomic E-state index is 12.3. The highest BCUT2D eigenvalue weighted by Gasteiger charge is 2.22. The van der Waals surface area contributed by atoms with Crippen LogP contribution in [0.1, 0.15) is 17.0 Å². The smallest absolute Gasteiger partial charge is 0.328 e. The molecule has 0 spiro atoms. The first-order valence-electron chi connectivity index (χ1n) is 8.54. The van der Waals surface area contributed by atoms with E-state index in [4.69, 9.17) is 4.74 Å². The van der Waals surface area contributed by atoms with E-state index in [9.17, 15) is 14.7 Å². The Morgan fingerprint density at radius 3 is 2.63 bits per heavy atom. The number of thiazole rings is 1. The van der Waals surface area contributed by atoms with E-state index >= 15 is 0 Å². The summed E-state index contributed by atoms with van der Waals surface area (Å²) in [4.78, 5) is 28.9. The third kappa shape index (κ3) is 5.04. The summed E-state index contributed by atoms with van der Waals surface area (Å²) >= 11 is 1.57. The van der Waals surface area contributed by atoms with Gasteiger partial charge in [-0.15, -0.1) is 11.3 Å². The first kappa shape index (κ1) is 18.8. The van der Waals surface area contributed by atoms with Crippen LogP contribution in [0.2, 0.25) is 0 Å². The molecule has 3 aromatic rings. The van der Waals surface area contributed by atoms with E-state index < -0.39 is 12.0 Å². The number of aromatic hydroxyl groups is 1. The number of benzene rings is 2. The van der Waals surface area contributed by atoms with Crippen LogP contribution in [0.15, 0.2) is 48.5 Å². The van der Waals surface area contributed by atoms with Crippen molar-refractivity contribution < 1.29 is 19.4 Å². The van der Waals surface area contributed by atoms with E-state index in [2.05, 4.69) is 10.3 Å². The van der Waals surface area contributed by atoms with Crippen LogP contribution in [0.5, 0.6) is 5.75 Å². The molecule has 3 rings (SSSR count). The summed E-state index contributed by atoms with van der Waals surface area (Å²) in [6.07, 6.45) is 1.04. The summed E-state index contributed by atoms with van der Waals surface area (Å²) < 4.78 is 5.89. The number of phenols is 1. The Morgan fingerprint density at radius 2 is 1.93 bits per heavy atom. The molecule has 0 radical (unpaired) electrons. The van der Waals surface area contributed by atoms with Gasteiger partial charge in [-0.1, -0.05) is 24.3 Å². The zero-order valence-electron chi connectivity index (χ0n) is 14.8. The number of nitrogens with one attached hydrogen (secondary N) is 1. The van der Waals surface area contributed by atoms with Gasteiger partial charge in [0, 0.05) is 19.3 Å². The number of esters is 1.